The second-order valence-electron chi connectivity index (χ2n) is 11.6. The molecule has 0 bridgehead atoms. The van der Waals surface area contributed by atoms with Crippen molar-refractivity contribution in [1.82, 2.24) is 15.1 Å². The molecule has 3 amide bonds. The van der Waals surface area contributed by atoms with Crippen LogP contribution in [0.1, 0.15) is 78.6 Å². The molecule has 0 saturated heterocycles. The Morgan fingerprint density at radius 3 is 2.61 bits per heavy atom. The summed E-state index contributed by atoms with van der Waals surface area (Å²) in [4.78, 5) is 29.7. The van der Waals surface area contributed by atoms with Crippen LogP contribution >= 0.6 is 0 Å². The molecule has 0 unspecified atom stereocenters. The van der Waals surface area contributed by atoms with Crippen molar-refractivity contribution < 1.29 is 9.59 Å². The number of nitrogens with one attached hydrogen (secondary N) is 1. The summed E-state index contributed by atoms with van der Waals surface area (Å²) < 4.78 is 0. The van der Waals surface area contributed by atoms with Crippen molar-refractivity contribution in [2.24, 2.45) is 28.6 Å². The highest BCUT2D eigenvalue weighted by atomic mass is 16.2. The van der Waals surface area contributed by atoms with Crippen LogP contribution in [0.4, 0.5) is 4.79 Å². The summed E-state index contributed by atoms with van der Waals surface area (Å²) in [5, 5.41) is 3.19. The maximum Gasteiger partial charge on any atom is 0.317 e. The lowest BCUT2D eigenvalue weighted by atomic mass is 9.48. The van der Waals surface area contributed by atoms with E-state index >= 15 is 0 Å². The molecule has 1 N–H and O–H groups in total. The van der Waals surface area contributed by atoms with E-state index in [1.807, 2.05) is 18.0 Å². The van der Waals surface area contributed by atoms with Crippen LogP contribution in [0.3, 0.4) is 0 Å². The summed E-state index contributed by atoms with van der Waals surface area (Å²) in [6.07, 6.45) is 14.6. The lowest BCUT2D eigenvalue weighted by Crippen LogP contribution is -2.61. The topological polar surface area (TPSA) is 52.7 Å². The zero-order chi connectivity index (χ0) is 22.0. The normalized spacial score (nSPS) is 43.8. The van der Waals surface area contributed by atoms with Crippen molar-refractivity contribution in [3.63, 3.8) is 0 Å². The van der Waals surface area contributed by atoms with Gasteiger partial charge in [-0.15, -0.1) is 0 Å². The van der Waals surface area contributed by atoms with Crippen LogP contribution in [0.25, 0.3) is 0 Å². The van der Waals surface area contributed by atoms with Gasteiger partial charge in [0.05, 0.1) is 0 Å². The third-order valence-electron chi connectivity index (χ3n) is 10.1. The molecule has 172 valence electrons. The van der Waals surface area contributed by atoms with Gasteiger partial charge < -0.3 is 15.1 Å². The SMILES string of the molecule is CCCNC(=O)N(C1CC1)[C@H]1CC[C@H]2[C@@H]3CC[C@H]4N(C)C(=O)C=C[C@]4(C)[C@H]3CC[C@]12C. The Balaban J connectivity index is 1.40. The van der Waals surface area contributed by atoms with Crippen LogP contribution in [-0.2, 0) is 4.79 Å². The van der Waals surface area contributed by atoms with Crippen molar-refractivity contribution >= 4 is 11.9 Å². The summed E-state index contributed by atoms with van der Waals surface area (Å²) >= 11 is 0. The summed E-state index contributed by atoms with van der Waals surface area (Å²) in [6.45, 7) is 7.82. The predicted molar refractivity (Wildman–Crippen MR) is 122 cm³/mol. The Labute approximate surface area is 188 Å². The number of nitrogens with zero attached hydrogens (tertiary/aromatic N) is 2. The quantitative estimate of drug-likeness (QED) is 0.714. The molecule has 0 aromatic carbocycles. The highest BCUT2D eigenvalue weighted by molar-refractivity contribution is 5.89. The fourth-order valence-electron chi connectivity index (χ4n) is 8.41. The number of carbonyl (C=O) groups excluding carboxylic acids is 2. The number of urea groups is 1. The summed E-state index contributed by atoms with van der Waals surface area (Å²) in [5.41, 5.74) is 0.330. The van der Waals surface area contributed by atoms with Crippen LogP contribution in [0.15, 0.2) is 12.2 Å². The molecule has 4 aliphatic carbocycles. The zero-order valence-electron chi connectivity index (χ0n) is 19.9. The maximum atomic E-state index is 13.1. The van der Waals surface area contributed by atoms with Crippen LogP contribution in [0.5, 0.6) is 0 Å². The van der Waals surface area contributed by atoms with E-state index in [2.05, 4.69) is 37.1 Å². The van der Waals surface area contributed by atoms with E-state index in [0.717, 1.165) is 31.7 Å². The third kappa shape index (κ3) is 3.16. The van der Waals surface area contributed by atoms with Crippen molar-refractivity contribution in [2.75, 3.05) is 13.6 Å². The summed E-state index contributed by atoms with van der Waals surface area (Å²) in [7, 11) is 2.00. The highest BCUT2D eigenvalue weighted by Gasteiger charge is 2.62. The molecule has 0 radical (unpaired) electrons. The predicted octanol–water partition coefficient (Wildman–Crippen LogP) is 4.58. The van der Waals surface area contributed by atoms with E-state index in [1.54, 1.807) is 0 Å². The molecule has 5 aliphatic rings. The number of fused-ring (bicyclic) bond motifs is 5. The summed E-state index contributed by atoms with van der Waals surface area (Å²) in [6, 6.07) is 1.38. The molecule has 4 fully saturated rings. The largest absolute Gasteiger partial charge is 0.338 e. The minimum absolute atomic E-state index is 0.0969. The van der Waals surface area contributed by atoms with Gasteiger partial charge in [0.2, 0.25) is 5.91 Å². The van der Waals surface area contributed by atoms with E-state index in [0.29, 0.717) is 30.0 Å². The van der Waals surface area contributed by atoms with Gasteiger partial charge in [0.15, 0.2) is 0 Å². The Hall–Kier alpha value is -1.52. The van der Waals surface area contributed by atoms with Crippen molar-refractivity contribution in [3.8, 4) is 0 Å². The molecule has 1 heterocycles. The first-order valence-electron chi connectivity index (χ1n) is 12.8. The molecule has 4 saturated carbocycles. The number of amides is 3. The Morgan fingerprint density at radius 1 is 1.13 bits per heavy atom. The molecule has 0 aromatic rings. The van der Waals surface area contributed by atoms with Crippen LogP contribution in [0.2, 0.25) is 0 Å². The first-order valence-corrected chi connectivity index (χ1v) is 12.8. The van der Waals surface area contributed by atoms with Gasteiger partial charge in [0, 0.05) is 37.1 Å². The number of hydrogen-bond acceptors (Lipinski definition) is 2. The van der Waals surface area contributed by atoms with Crippen LogP contribution < -0.4 is 5.32 Å². The fourth-order valence-corrected chi connectivity index (χ4v) is 8.41. The van der Waals surface area contributed by atoms with Gasteiger partial charge in [-0.3, -0.25) is 4.79 Å². The first-order chi connectivity index (χ1) is 14.8. The zero-order valence-corrected chi connectivity index (χ0v) is 19.9. The van der Waals surface area contributed by atoms with Gasteiger partial charge in [0.1, 0.15) is 0 Å². The molecule has 5 rings (SSSR count). The minimum Gasteiger partial charge on any atom is -0.338 e. The van der Waals surface area contributed by atoms with Gasteiger partial charge in [0.25, 0.3) is 0 Å². The lowest BCUT2D eigenvalue weighted by molar-refractivity contribution is -0.139. The molecule has 5 heteroatoms. The Morgan fingerprint density at radius 2 is 1.90 bits per heavy atom. The van der Waals surface area contributed by atoms with Gasteiger partial charge in [-0.1, -0.05) is 26.8 Å². The first kappa shape index (κ1) is 21.3. The maximum absolute atomic E-state index is 13.1. The summed E-state index contributed by atoms with van der Waals surface area (Å²) in [5.74, 6) is 2.24. The second-order valence-corrected chi connectivity index (χ2v) is 11.6. The van der Waals surface area contributed by atoms with Crippen molar-refractivity contribution in [3.05, 3.63) is 12.2 Å². The van der Waals surface area contributed by atoms with Crippen LogP contribution in [0, 0.1) is 28.6 Å². The van der Waals surface area contributed by atoms with E-state index in [9.17, 15) is 9.59 Å². The van der Waals surface area contributed by atoms with Gasteiger partial charge in [-0.25, -0.2) is 4.79 Å². The Bertz CT molecular complexity index is 777. The highest BCUT2D eigenvalue weighted by Crippen LogP contribution is 2.65. The molecule has 0 spiro atoms. The Kier molecular flexibility index (Phi) is 5.17. The van der Waals surface area contributed by atoms with Crippen LogP contribution in [-0.4, -0.2) is 53.5 Å². The molecule has 31 heavy (non-hydrogen) atoms. The van der Waals surface area contributed by atoms with E-state index in [-0.39, 0.29) is 22.8 Å². The average Bonchev–Trinajstić information content (AvgIpc) is 3.52. The number of hydrogen-bond donors (Lipinski definition) is 1. The standard InChI is InChI=1S/C26H41N3O2/c1-5-16-27-24(31)29(17-6-7-17)22-11-9-19-18-8-10-21-25(2,15-13-23(30)28(21)4)20(18)12-14-26(19,22)3/h13,15,17-22H,5-12,14,16H2,1-4H3,(H,27,31)/t18-,19-,20-,21+,22-,25+,26-/m0/s1. The van der Waals surface area contributed by atoms with Gasteiger partial charge in [-0.05, 0) is 87.0 Å². The minimum atomic E-state index is 0.0969. The van der Waals surface area contributed by atoms with E-state index in [1.165, 1.54) is 38.5 Å². The van der Waals surface area contributed by atoms with Gasteiger partial charge >= 0.3 is 6.03 Å². The number of rotatable bonds is 4. The van der Waals surface area contributed by atoms with E-state index < -0.39 is 0 Å². The van der Waals surface area contributed by atoms with E-state index in [4.69, 9.17) is 0 Å². The van der Waals surface area contributed by atoms with Crippen molar-refractivity contribution in [2.45, 2.75) is 96.7 Å². The molecule has 7 atom stereocenters. The average molecular weight is 428 g/mol. The number of likely N-dealkylation sites (N-methyl/N-ethyl adjacent to an activating group) is 1. The molecule has 5 nitrogen and oxygen atoms in total. The van der Waals surface area contributed by atoms with Gasteiger partial charge in [-0.2, -0.15) is 0 Å². The molecule has 0 aromatic heterocycles. The smallest absolute Gasteiger partial charge is 0.317 e. The molecule has 1 aliphatic heterocycles. The van der Waals surface area contributed by atoms with Crippen molar-refractivity contribution in [1.29, 1.82) is 0 Å². The molecular weight excluding hydrogens is 386 g/mol. The molecular formula is C26H41N3O2. The number of carbonyl (C=O) groups is 2. The monoisotopic (exact) mass is 427 g/mol. The fraction of sp³-hybridized carbons (Fsp3) is 0.846. The lowest BCUT2D eigenvalue weighted by Gasteiger charge is -2.60. The third-order valence-corrected chi connectivity index (χ3v) is 10.1. The second kappa shape index (κ2) is 7.52.